The van der Waals surface area contributed by atoms with Gasteiger partial charge in [-0.05, 0) is 35.3 Å². The first-order valence-corrected chi connectivity index (χ1v) is 9.43. The third kappa shape index (κ3) is 3.37. The van der Waals surface area contributed by atoms with Gasteiger partial charge in [0.15, 0.2) is 0 Å². The number of nitrogens with one attached hydrogen (secondary N) is 1. The lowest BCUT2D eigenvalue weighted by atomic mass is 10.0. The van der Waals surface area contributed by atoms with Gasteiger partial charge < -0.3 is 14.9 Å². The van der Waals surface area contributed by atoms with Crippen LogP contribution in [0.2, 0.25) is 0 Å². The van der Waals surface area contributed by atoms with Crippen molar-refractivity contribution in [1.82, 2.24) is 9.97 Å². The molecule has 4 aromatic rings. The summed E-state index contributed by atoms with van der Waals surface area (Å²) in [5.74, 6) is -0.925. The lowest BCUT2D eigenvalue weighted by molar-refractivity contribution is -0.254. The number of carbonyl (C=O) groups is 1. The van der Waals surface area contributed by atoms with E-state index in [1.807, 2.05) is 48.5 Å². The number of carboxylic acid groups (broad SMARTS) is 1. The van der Waals surface area contributed by atoms with Gasteiger partial charge in [-0.1, -0.05) is 60.7 Å². The maximum atomic E-state index is 12.3. The normalized spacial score (nSPS) is 11.3. The summed E-state index contributed by atoms with van der Waals surface area (Å²) in [6, 6.07) is 18.1. The number of thiophene rings is 1. The summed E-state index contributed by atoms with van der Waals surface area (Å²) in [4.78, 5) is 31.0. The molecule has 2 heterocycles. The minimum atomic E-state index is -1.30. The number of fused-ring (bicyclic) bond motifs is 1. The minimum Gasteiger partial charge on any atom is -0.544 e. The number of carboxylic acids is 1. The van der Waals surface area contributed by atoms with Crippen LogP contribution in [0.4, 0.5) is 0 Å². The Hall–Kier alpha value is -3.51. The molecule has 2 aromatic heterocycles. The van der Waals surface area contributed by atoms with E-state index in [1.54, 1.807) is 13.0 Å². The van der Waals surface area contributed by atoms with Gasteiger partial charge in [-0.15, -0.1) is 11.3 Å². The standard InChI is InChI=1S/C22H16N2O3S/c1-13-18-20(25)23-17(24-21(18)28-19(13)22(26)27)12-9-14-7-10-16(11-8-14)15-5-3-2-4-6-15/h2-12H,1H3,(H,26,27)(H,23,24,25)/p-1/b12-9+. The molecule has 138 valence electrons. The number of H-pyrrole nitrogens is 1. The van der Waals surface area contributed by atoms with Crippen LogP contribution in [-0.2, 0) is 0 Å². The monoisotopic (exact) mass is 387 g/mol. The predicted molar refractivity (Wildman–Crippen MR) is 110 cm³/mol. The van der Waals surface area contributed by atoms with Crippen molar-refractivity contribution >= 4 is 39.7 Å². The molecular weight excluding hydrogens is 372 g/mol. The topological polar surface area (TPSA) is 85.9 Å². The Morgan fingerprint density at radius 2 is 1.71 bits per heavy atom. The Morgan fingerprint density at radius 3 is 2.39 bits per heavy atom. The Labute approximate surface area is 164 Å². The molecule has 4 rings (SSSR count). The Bertz CT molecular complexity index is 1250. The van der Waals surface area contributed by atoms with Crippen LogP contribution in [0.25, 0.3) is 33.5 Å². The smallest absolute Gasteiger partial charge is 0.260 e. The highest BCUT2D eigenvalue weighted by Gasteiger charge is 2.14. The summed E-state index contributed by atoms with van der Waals surface area (Å²) < 4.78 is 0. The van der Waals surface area contributed by atoms with Gasteiger partial charge in [-0.3, -0.25) is 4.79 Å². The number of aromatic carboxylic acids is 1. The van der Waals surface area contributed by atoms with Gasteiger partial charge in [-0.2, -0.15) is 0 Å². The molecule has 0 aliphatic heterocycles. The number of hydrogen-bond acceptors (Lipinski definition) is 5. The fraction of sp³-hybridized carbons (Fsp3) is 0.0455. The first-order chi connectivity index (χ1) is 13.5. The van der Waals surface area contributed by atoms with Crippen LogP contribution < -0.4 is 10.7 Å². The lowest BCUT2D eigenvalue weighted by Gasteiger charge is -2.02. The molecule has 0 radical (unpaired) electrons. The van der Waals surface area contributed by atoms with Crippen LogP contribution in [0, 0.1) is 6.92 Å². The second-order valence-electron chi connectivity index (χ2n) is 6.30. The summed E-state index contributed by atoms with van der Waals surface area (Å²) in [6.07, 6.45) is 3.55. The number of benzene rings is 2. The third-order valence-electron chi connectivity index (χ3n) is 4.46. The average Bonchev–Trinajstić information content (AvgIpc) is 3.05. The van der Waals surface area contributed by atoms with Crippen molar-refractivity contribution in [3.05, 3.63) is 86.8 Å². The molecular formula is C22H15N2O3S-. The number of hydrogen-bond donors (Lipinski definition) is 1. The van der Waals surface area contributed by atoms with E-state index in [4.69, 9.17) is 0 Å². The molecule has 0 saturated carbocycles. The van der Waals surface area contributed by atoms with Crippen molar-refractivity contribution in [3.8, 4) is 11.1 Å². The van der Waals surface area contributed by atoms with Crippen molar-refractivity contribution in [2.75, 3.05) is 0 Å². The second kappa shape index (κ2) is 7.25. The highest BCUT2D eigenvalue weighted by Crippen LogP contribution is 2.26. The highest BCUT2D eigenvalue weighted by atomic mass is 32.1. The van der Waals surface area contributed by atoms with E-state index in [0.717, 1.165) is 28.0 Å². The first kappa shape index (κ1) is 17.9. The Kier molecular flexibility index (Phi) is 4.63. The molecule has 0 bridgehead atoms. The molecule has 0 aliphatic rings. The summed E-state index contributed by atoms with van der Waals surface area (Å²) in [5, 5.41) is 11.5. The number of nitrogens with zero attached hydrogens (tertiary/aromatic N) is 1. The number of aromatic amines is 1. The molecule has 0 spiro atoms. The van der Waals surface area contributed by atoms with Gasteiger partial charge >= 0.3 is 0 Å². The van der Waals surface area contributed by atoms with E-state index >= 15 is 0 Å². The molecule has 0 fully saturated rings. The van der Waals surface area contributed by atoms with Crippen molar-refractivity contribution in [1.29, 1.82) is 0 Å². The van der Waals surface area contributed by atoms with Gasteiger partial charge in [-0.25, -0.2) is 4.98 Å². The zero-order chi connectivity index (χ0) is 19.7. The zero-order valence-electron chi connectivity index (χ0n) is 14.9. The summed E-state index contributed by atoms with van der Waals surface area (Å²) >= 11 is 0.955. The summed E-state index contributed by atoms with van der Waals surface area (Å²) in [7, 11) is 0. The van der Waals surface area contributed by atoms with Crippen LogP contribution in [0.15, 0.2) is 59.4 Å². The van der Waals surface area contributed by atoms with E-state index in [2.05, 4.69) is 22.1 Å². The van der Waals surface area contributed by atoms with Gasteiger partial charge in [0.05, 0.1) is 16.2 Å². The molecule has 0 atom stereocenters. The summed E-state index contributed by atoms with van der Waals surface area (Å²) in [5.41, 5.74) is 3.26. The molecule has 1 N–H and O–H groups in total. The van der Waals surface area contributed by atoms with E-state index < -0.39 is 5.97 Å². The van der Waals surface area contributed by atoms with Gasteiger partial charge in [0, 0.05) is 0 Å². The SMILES string of the molecule is Cc1c(C(=O)[O-])sc2nc(/C=C/c3ccc(-c4ccccc4)cc3)[nH]c(=O)c12. The number of carbonyl (C=O) groups excluding carboxylic acids is 1. The lowest BCUT2D eigenvalue weighted by Crippen LogP contribution is -2.21. The minimum absolute atomic E-state index is 0.0330. The number of rotatable bonds is 4. The van der Waals surface area contributed by atoms with Crippen LogP contribution in [0.3, 0.4) is 0 Å². The molecule has 0 unspecified atom stereocenters. The summed E-state index contributed by atoms with van der Waals surface area (Å²) in [6.45, 7) is 1.59. The quantitative estimate of drug-likeness (QED) is 0.581. The van der Waals surface area contributed by atoms with Crippen LogP contribution >= 0.6 is 11.3 Å². The van der Waals surface area contributed by atoms with E-state index in [0.29, 0.717) is 21.6 Å². The average molecular weight is 387 g/mol. The largest absolute Gasteiger partial charge is 0.544 e. The van der Waals surface area contributed by atoms with Crippen LogP contribution in [-0.4, -0.2) is 15.9 Å². The molecule has 0 aliphatic carbocycles. The third-order valence-corrected chi connectivity index (χ3v) is 5.62. The van der Waals surface area contributed by atoms with Crippen molar-refractivity contribution < 1.29 is 9.90 Å². The molecule has 2 aromatic carbocycles. The number of aromatic nitrogens is 2. The zero-order valence-corrected chi connectivity index (χ0v) is 15.7. The van der Waals surface area contributed by atoms with Crippen molar-refractivity contribution in [2.24, 2.45) is 0 Å². The molecule has 6 heteroatoms. The van der Waals surface area contributed by atoms with Crippen LogP contribution in [0.1, 0.15) is 26.6 Å². The van der Waals surface area contributed by atoms with Gasteiger partial charge in [0.2, 0.25) is 0 Å². The van der Waals surface area contributed by atoms with Crippen molar-refractivity contribution in [2.45, 2.75) is 6.92 Å². The Morgan fingerprint density at radius 1 is 1.04 bits per heavy atom. The molecule has 28 heavy (non-hydrogen) atoms. The van der Waals surface area contributed by atoms with E-state index in [9.17, 15) is 14.7 Å². The fourth-order valence-corrected chi connectivity index (χ4v) is 4.05. The second-order valence-corrected chi connectivity index (χ2v) is 7.30. The maximum absolute atomic E-state index is 12.3. The van der Waals surface area contributed by atoms with Crippen molar-refractivity contribution in [3.63, 3.8) is 0 Å². The fourth-order valence-electron chi connectivity index (χ4n) is 3.03. The highest BCUT2D eigenvalue weighted by molar-refractivity contribution is 7.20. The van der Waals surface area contributed by atoms with E-state index in [1.165, 1.54) is 0 Å². The van der Waals surface area contributed by atoms with Crippen LogP contribution in [0.5, 0.6) is 0 Å². The van der Waals surface area contributed by atoms with Gasteiger partial charge in [0.25, 0.3) is 5.56 Å². The maximum Gasteiger partial charge on any atom is 0.260 e. The Balaban J connectivity index is 1.63. The molecule has 0 saturated heterocycles. The van der Waals surface area contributed by atoms with E-state index in [-0.39, 0.29) is 10.4 Å². The predicted octanol–water partition coefficient (Wildman–Crippen LogP) is 3.49. The first-order valence-electron chi connectivity index (χ1n) is 8.61. The number of aryl methyl sites for hydroxylation is 1. The van der Waals surface area contributed by atoms with Gasteiger partial charge in [0.1, 0.15) is 10.7 Å². The molecule has 0 amide bonds. The molecule has 5 nitrogen and oxygen atoms in total.